The van der Waals surface area contributed by atoms with E-state index in [-0.39, 0.29) is 16.6 Å². The Bertz CT molecular complexity index is 707. The van der Waals surface area contributed by atoms with E-state index in [1.807, 2.05) is 6.92 Å². The molecule has 0 aliphatic heterocycles. The predicted molar refractivity (Wildman–Crippen MR) is 114 cm³/mol. The molecule has 1 aromatic heterocycles. The Hall–Kier alpha value is -1.04. The van der Waals surface area contributed by atoms with Crippen molar-refractivity contribution in [1.29, 1.82) is 0 Å². The summed E-state index contributed by atoms with van der Waals surface area (Å²) >= 11 is 1.45. The lowest BCUT2D eigenvalue weighted by atomic mass is 9.49. The third-order valence-corrected chi connectivity index (χ3v) is 9.08. The summed E-state index contributed by atoms with van der Waals surface area (Å²) in [5.41, 5.74) is 0.130. The van der Waals surface area contributed by atoms with E-state index >= 15 is 0 Å². The van der Waals surface area contributed by atoms with Crippen LogP contribution in [0.5, 0.6) is 0 Å². The first-order valence-electron chi connectivity index (χ1n) is 11.9. The summed E-state index contributed by atoms with van der Waals surface area (Å²) in [5, 5.41) is 9.28. The molecule has 0 aromatic carbocycles. The molecular formula is C23H35N3O2S. The van der Waals surface area contributed by atoms with Crippen molar-refractivity contribution in [1.82, 2.24) is 15.1 Å². The van der Waals surface area contributed by atoms with Gasteiger partial charge in [0.05, 0.1) is 5.25 Å². The van der Waals surface area contributed by atoms with E-state index in [0.717, 1.165) is 43.0 Å². The van der Waals surface area contributed by atoms with Gasteiger partial charge in [-0.15, -0.1) is 10.2 Å². The Labute approximate surface area is 178 Å². The van der Waals surface area contributed by atoms with Gasteiger partial charge in [-0.3, -0.25) is 4.79 Å². The summed E-state index contributed by atoms with van der Waals surface area (Å²) in [6.45, 7) is 4.88. The number of hydrogen-bond acceptors (Lipinski definition) is 5. The van der Waals surface area contributed by atoms with Crippen LogP contribution in [0.3, 0.4) is 0 Å². The highest BCUT2D eigenvalue weighted by Crippen LogP contribution is 2.60. The van der Waals surface area contributed by atoms with Crippen LogP contribution in [0.2, 0.25) is 0 Å². The minimum Gasteiger partial charge on any atom is -0.415 e. The van der Waals surface area contributed by atoms with Crippen LogP contribution in [-0.4, -0.2) is 38.8 Å². The first kappa shape index (κ1) is 19.9. The molecule has 29 heavy (non-hydrogen) atoms. The van der Waals surface area contributed by atoms with Crippen molar-refractivity contribution < 1.29 is 9.21 Å². The maximum atomic E-state index is 13.1. The molecule has 1 aromatic rings. The average molecular weight is 418 g/mol. The Morgan fingerprint density at radius 2 is 1.72 bits per heavy atom. The van der Waals surface area contributed by atoms with Crippen molar-refractivity contribution in [3.63, 3.8) is 0 Å². The number of carbonyl (C=O) groups excluding carboxylic acids is 1. The van der Waals surface area contributed by atoms with Crippen molar-refractivity contribution in [3.8, 4) is 0 Å². The number of amides is 1. The molecule has 1 amide bonds. The van der Waals surface area contributed by atoms with Crippen LogP contribution in [0.4, 0.5) is 0 Å². The topological polar surface area (TPSA) is 59.2 Å². The Kier molecular flexibility index (Phi) is 5.42. The van der Waals surface area contributed by atoms with Crippen molar-refractivity contribution in [2.24, 2.45) is 17.8 Å². The molecule has 5 aliphatic rings. The molecule has 0 unspecified atom stereocenters. The zero-order valence-electron chi connectivity index (χ0n) is 17.9. The van der Waals surface area contributed by atoms with Gasteiger partial charge >= 0.3 is 0 Å². The second-order valence-corrected chi connectivity index (χ2v) is 11.5. The molecule has 5 fully saturated rings. The number of hydrogen-bond donors (Lipinski definition) is 0. The van der Waals surface area contributed by atoms with Crippen LogP contribution in [0.1, 0.15) is 90.4 Å². The van der Waals surface area contributed by atoms with Gasteiger partial charge in [0.25, 0.3) is 5.22 Å². The lowest BCUT2D eigenvalue weighted by molar-refractivity contribution is -0.133. The second-order valence-electron chi connectivity index (χ2n) is 10.2. The van der Waals surface area contributed by atoms with Gasteiger partial charge in [0.15, 0.2) is 0 Å². The average Bonchev–Trinajstić information content (AvgIpc) is 3.18. The highest BCUT2D eigenvalue weighted by Gasteiger charge is 2.54. The van der Waals surface area contributed by atoms with Gasteiger partial charge in [-0.25, -0.2) is 0 Å². The molecule has 5 saturated carbocycles. The minimum atomic E-state index is -0.179. The zero-order valence-corrected chi connectivity index (χ0v) is 18.8. The molecule has 0 spiro atoms. The van der Waals surface area contributed by atoms with E-state index in [1.54, 1.807) is 0 Å². The van der Waals surface area contributed by atoms with E-state index in [0.29, 0.717) is 11.3 Å². The van der Waals surface area contributed by atoms with Crippen molar-refractivity contribution >= 4 is 17.7 Å². The zero-order chi connectivity index (χ0) is 20.0. The van der Waals surface area contributed by atoms with Crippen LogP contribution < -0.4 is 0 Å². The summed E-state index contributed by atoms with van der Waals surface area (Å²) in [6.07, 6.45) is 14.0. The highest BCUT2D eigenvalue weighted by molar-refractivity contribution is 8.00. The van der Waals surface area contributed by atoms with E-state index in [1.165, 1.54) is 69.5 Å². The lowest BCUT2D eigenvalue weighted by Crippen LogP contribution is -2.48. The fourth-order valence-electron chi connectivity index (χ4n) is 7.27. The molecule has 0 N–H and O–H groups in total. The standard InChI is InChI=1S/C23H35N3O2S/c1-3-26(19-7-5-4-6-8-19)20(27)15(2)29-22-25-24-21(28-22)23-12-16-9-17(13-23)11-18(10-16)14-23/h15-19H,3-14H2,1-2H3/t15-,16?,17?,18?,23?/m1/s1. The summed E-state index contributed by atoms with van der Waals surface area (Å²) in [5.74, 6) is 3.66. The van der Waals surface area contributed by atoms with Crippen molar-refractivity contribution in [2.45, 2.75) is 106 Å². The van der Waals surface area contributed by atoms with Gasteiger partial charge in [0.2, 0.25) is 11.8 Å². The number of thioether (sulfide) groups is 1. The number of aromatic nitrogens is 2. The van der Waals surface area contributed by atoms with Crippen molar-refractivity contribution in [2.75, 3.05) is 6.54 Å². The van der Waals surface area contributed by atoms with Gasteiger partial charge in [-0.2, -0.15) is 0 Å². The Balaban J connectivity index is 1.26. The lowest BCUT2D eigenvalue weighted by Gasteiger charge is -2.55. The van der Waals surface area contributed by atoms with Crippen LogP contribution in [0.15, 0.2) is 9.64 Å². The monoisotopic (exact) mass is 417 g/mol. The van der Waals surface area contributed by atoms with Crippen molar-refractivity contribution in [3.05, 3.63) is 5.89 Å². The van der Waals surface area contributed by atoms with Crippen LogP contribution in [0.25, 0.3) is 0 Å². The van der Waals surface area contributed by atoms with Gasteiger partial charge in [0.1, 0.15) is 0 Å². The van der Waals surface area contributed by atoms with Gasteiger partial charge in [-0.05, 0) is 83.0 Å². The molecule has 6 heteroatoms. The first-order valence-corrected chi connectivity index (χ1v) is 12.8. The number of carbonyl (C=O) groups is 1. The molecule has 6 rings (SSSR count). The first-order chi connectivity index (χ1) is 14.1. The smallest absolute Gasteiger partial charge is 0.277 e. The molecule has 1 heterocycles. The van der Waals surface area contributed by atoms with Crippen LogP contribution >= 0.6 is 11.8 Å². The normalized spacial score (nSPS) is 35.0. The Morgan fingerprint density at radius 3 is 2.31 bits per heavy atom. The molecule has 4 bridgehead atoms. The van der Waals surface area contributed by atoms with Gasteiger partial charge in [0, 0.05) is 18.0 Å². The van der Waals surface area contributed by atoms with Crippen LogP contribution in [0, 0.1) is 17.8 Å². The number of nitrogens with zero attached hydrogens (tertiary/aromatic N) is 3. The van der Waals surface area contributed by atoms with E-state index < -0.39 is 0 Å². The summed E-state index contributed by atoms with van der Waals surface area (Å²) in [6, 6.07) is 0.412. The van der Waals surface area contributed by atoms with E-state index in [4.69, 9.17) is 4.42 Å². The van der Waals surface area contributed by atoms with Gasteiger partial charge in [-0.1, -0.05) is 31.0 Å². The molecule has 5 nitrogen and oxygen atoms in total. The van der Waals surface area contributed by atoms with E-state index in [2.05, 4.69) is 22.0 Å². The summed E-state index contributed by atoms with van der Waals surface area (Å²) < 4.78 is 6.22. The van der Waals surface area contributed by atoms with Crippen LogP contribution in [-0.2, 0) is 10.2 Å². The molecule has 1 atom stereocenters. The molecule has 5 aliphatic carbocycles. The minimum absolute atomic E-state index is 0.130. The molecular weight excluding hydrogens is 382 g/mol. The number of rotatable bonds is 6. The maximum Gasteiger partial charge on any atom is 0.277 e. The maximum absolute atomic E-state index is 13.1. The quantitative estimate of drug-likeness (QED) is 0.596. The molecule has 0 saturated heterocycles. The predicted octanol–water partition coefficient (Wildman–Crippen LogP) is 5.20. The van der Waals surface area contributed by atoms with Gasteiger partial charge < -0.3 is 9.32 Å². The fourth-order valence-corrected chi connectivity index (χ4v) is 8.02. The third kappa shape index (κ3) is 3.75. The SMILES string of the molecule is CCN(C(=O)[C@@H](C)Sc1nnc(C23CC4CC(CC(C4)C2)C3)o1)C1CCCCC1. The molecule has 160 valence electrons. The summed E-state index contributed by atoms with van der Waals surface area (Å²) in [7, 11) is 0. The third-order valence-electron chi connectivity index (χ3n) is 8.16. The summed E-state index contributed by atoms with van der Waals surface area (Å²) in [4.78, 5) is 15.2. The fraction of sp³-hybridized carbons (Fsp3) is 0.870. The molecule has 0 radical (unpaired) electrons. The Morgan fingerprint density at radius 1 is 1.10 bits per heavy atom. The second kappa shape index (κ2) is 7.90. The largest absolute Gasteiger partial charge is 0.415 e. The van der Waals surface area contributed by atoms with E-state index in [9.17, 15) is 4.79 Å². The highest BCUT2D eigenvalue weighted by atomic mass is 32.2.